The quantitative estimate of drug-likeness (QED) is 0.904. The maximum Gasteiger partial charge on any atom is 0.413 e. The normalized spacial score (nSPS) is 13.2. The SMILES string of the molecule is O=C(Nc1nc2n(c1C(=O)O)CCCC2)OCc1ccccc1. The second-order valence-corrected chi connectivity index (χ2v) is 5.33. The molecule has 0 bridgehead atoms. The first-order valence-electron chi connectivity index (χ1n) is 7.45. The fourth-order valence-electron chi connectivity index (χ4n) is 2.64. The van der Waals surface area contributed by atoms with Gasteiger partial charge in [-0.2, -0.15) is 0 Å². The first kappa shape index (κ1) is 15.1. The number of carboxylic acid groups (broad SMARTS) is 1. The lowest BCUT2D eigenvalue weighted by Crippen LogP contribution is -2.18. The molecule has 1 aromatic carbocycles. The van der Waals surface area contributed by atoms with Crippen molar-refractivity contribution in [2.75, 3.05) is 5.32 Å². The summed E-state index contributed by atoms with van der Waals surface area (Å²) >= 11 is 0. The minimum atomic E-state index is -1.11. The van der Waals surface area contributed by atoms with Crippen LogP contribution in [0.1, 0.15) is 34.7 Å². The summed E-state index contributed by atoms with van der Waals surface area (Å²) in [4.78, 5) is 27.6. The molecule has 0 saturated heterocycles. The van der Waals surface area contributed by atoms with E-state index in [9.17, 15) is 14.7 Å². The predicted molar refractivity (Wildman–Crippen MR) is 82.4 cm³/mol. The summed E-state index contributed by atoms with van der Waals surface area (Å²) in [5.74, 6) is -0.372. The minimum absolute atomic E-state index is 0.0105. The molecule has 1 aliphatic rings. The van der Waals surface area contributed by atoms with Crippen LogP contribution in [0.3, 0.4) is 0 Å². The van der Waals surface area contributed by atoms with Gasteiger partial charge in [0.1, 0.15) is 12.4 Å². The van der Waals surface area contributed by atoms with Gasteiger partial charge in [0, 0.05) is 13.0 Å². The van der Waals surface area contributed by atoms with Gasteiger partial charge in [-0.1, -0.05) is 30.3 Å². The summed E-state index contributed by atoms with van der Waals surface area (Å²) < 4.78 is 6.76. The van der Waals surface area contributed by atoms with E-state index in [1.807, 2.05) is 30.3 Å². The van der Waals surface area contributed by atoms with E-state index in [4.69, 9.17) is 4.74 Å². The van der Waals surface area contributed by atoms with E-state index in [0.29, 0.717) is 18.8 Å². The van der Waals surface area contributed by atoms with Crippen molar-refractivity contribution < 1.29 is 19.4 Å². The van der Waals surface area contributed by atoms with Gasteiger partial charge in [0.25, 0.3) is 0 Å². The first-order valence-corrected chi connectivity index (χ1v) is 7.45. The summed E-state index contributed by atoms with van der Waals surface area (Å²) in [5.41, 5.74) is 0.863. The van der Waals surface area contributed by atoms with E-state index in [2.05, 4.69) is 10.3 Å². The second-order valence-electron chi connectivity index (χ2n) is 5.33. The zero-order valence-corrected chi connectivity index (χ0v) is 12.5. The van der Waals surface area contributed by atoms with Gasteiger partial charge in [0.05, 0.1) is 0 Å². The summed E-state index contributed by atoms with van der Waals surface area (Å²) in [6.45, 7) is 0.716. The lowest BCUT2D eigenvalue weighted by atomic mass is 10.1. The van der Waals surface area contributed by atoms with Crippen LogP contribution in [0.5, 0.6) is 0 Å². The van der Waals surface area contributed by atoms with Crippen molar-refractivity contribution in [2.24, 2.45) is 0 Å². The number of benzene rings is 1. The zero-order valence-electron chi connectivity index (χ0n) is 12.5. The number of nitrogens with one attached hydrogen (secondary N) is 1. The maximum absolute atomic E-state index is 11.9. The number of nitrogens with zero attached hydrogens (tertiary/aromatic N) is 2. The van der Waals surface area contributed by atoms with Crippen LogP contribution in [0, 0.1) is 0 Å². The largest absolute Gasteiger partial charge is 0.476 e. The number of carbonyl (C=O) groups excluding carboxylic acids is 1. The number of amides is 1. The highest BCUT2D eigenvalue weighted by molar-refractivity contribution is 5.96. The Balaban J connectivity index is 1.71. The molecule has 2 N–H and O–H groups in total. The van der Waals surface area contributed by atoms with Crippen molar-refractivity contribution >= 4 is 17.9 Å². The molecule has 0 spiro atoms. The van der Waals surface area contributed by atoms with E-state index >= 15 is 0 Å². The number of fused-ring (bicyclic) bond motifs is 1. The Hall–Kier alpha value is -2.83. The van der Waals surface area contributed by atoms with Gasteiger partial charge in [0.15, 0.2) is 11.5 Å². The van der Waals surface area contributed by atoms with Crippen molar-refractivity contribution in [2.45, 2.75) is 32.4 Å². The molecular weight excluding hydrogens is 298 g/mol. The lowest BCUT2D eigenvalue weighted by Gasteiger charge is -2.14. The number of carboxylic acids is 1. The number of aryl methyl sites for hydroxylation is 1. The van der Waals surface area contributed by atoms with E-state index in [0.717, 1.165) is 18.4 Å². The lowest BCUT2D eigenvalue weighted by molar-refractivity contribution is 0.0685. The summed E-state index contributed by atoms with van der Waals surface area (Å²) in [7, 11) is 0. The monoisotopic (exact) mass is 315 g/mol. The Morgan fingerprint density at radius 1 is 1.26 bits per heavy atom. The molecule has 1 aliphatic heterocycles. The molecule has 2 heterocycles. The molecule has 120 valence electrons. The number of anilines is 1. The van der Waals surface area contributed by atoms with E-state index in [-0.39, 0.29) is 18.1 Å². The highest BCUT2D eigenvalue weighted by Gasteiger charge is 2.25. The first-order chi connectivity index (χ1) is 11.1. The van der Waals surface area contributed by atoms with Gasteiger partial charge in [-0.3, -0.25) is 5.32 Å². The van der Waals surface area contributed by atoms with Crippen LogP contribution in [0.4, 0.5) is 10.6 Å². The number of aromatic nitrogens is 2. The predicted octanol–water partition coefficient (Wildman–Crippen LogP) is 2.67. The van der Waals surface area contributed by atoms with Crippen molar-refractivity contribution in [3.8, 4) is 0 Å². The van der Waals surface area contributed by atoms with Gasteiger partial charge in [-0.05, 0) is 18.4 Å². The van der Waals surface area contributed by atoms with Crippen LogP contribution in [-0.2, 0) is 24.3 Å². The van der Waals surface area contributed by atoms with Gasteiger partial charge in [0.2, 0.25) is 0 Å². The van der Waals surface area contributed by atoms with Crippen LogP contribution in [-0.4, -0.2) is 26.7 Å². The number of imidazole rings is 1. The molecule has 3 rings (SSSR count). The molecular formula is C16H17N3O4. The molecule has 0 radical (unpaired) electrons. The van der Waals surface area contributed by atoms with Gasteiger partial charge < -0.3 is 14.4 Å². The van der Waals surface area contributed by atoms with Gasteiger partial charge in [-0.15, -0.1) is 0 Å². The van der Waals surface area contributed by atoms with Crippen LogP contribution < -0.4 is 5.32 Å². The molecule has 23 heavy (non-hydrogen) atoms. The summed E-state index contributed by atoms with van der Waals surface area (Å²) in [6.07, 6.45) is 1.86. The standard InChI is InChI=1S/C16H17N3O4/c20-15(21)13-14(17-12-8-4-5-9-19(12)13)18-16(22)23-10-11-6-2-1-3-7-11/h1-3,6-7H,4-5,8-10H2,(H,18,22)(H,20,21). The Morgan fingerprint density at radius 2 is 2.04 bits per heavy atom. The molecule has 7 nitrogen and oxygen atoms in total. The highest BCUT2D eigenvalue weighted by atomic mass is 16.5. The molecule has 2 aromatic rings. The molecule has 0 saturated carbocycles. The van der Waals surface area contributed by atoms with Crippen molar-refractivity contribution in [3.05, 3.63) is 47.4 Å². The molecule has 1 aromatic heterocycles. The molecule has 0 aliphatic carbocycles. The average molecular weight is 315 g/mol. The Morgan fingerprint density at radius 3 is 2.78 bits per heavy atom. The number of rotatable bonds is 4. The molecule has 0 atom stereocenters. The van der Waals surface area contributed by atoms with E-state index in [1.165, 1.54) is 0 Å². The van der Waals surface area contributed by atoms with Crippen LogP contribution in [0.25, 0.3) is 0 Å². The van der Waals surface area contributed by atoms with Crippen molar-refractivity contribution in [3.63, 3.8) is 0 Å². The average Bonchev–Trinajstić information content (AvgIpc) is 2.91. The molecule has 0 fully saturated rings. The Bertz CT molecular complexity index is 724. The number of ether oxygens (including phenoxy) is 1. The fourth-order valence-corrected chi connectivity index (χ4v) is 2.64. The molecule has 1 amide bonds. The van der Waals surface area contributed by atoms with Gasteiger partial charge in [-0.25, -0.2) is 14.6 Å². The second kappa shape index (κ2) is 6.51. The minimum Gasteiger partial charge on any atom is -0.476 e. The third-order valence-corrected chi connectivity index (χ3v) is 3.71. The summed E-state index contributed by atoms with van der Waals surface area (Å²) in [6, 6.07) is 9.25. The Kier molecular flexibility index (Phi) is 4.27. The number of aromatic carboxylic acids is 1. The zero-order chi connectivity index (χ0) is 16.2. The maximum atomic E-state index is 11.9. The van der Waals surface area contributed by atoms with Crippen molar-refractivity contribution in [1.29, 1.82) is 0 Å². The van der Waals surface area contributed by atoms with E-state index in [1.54, 1.807) is 4.57 Å². The number of hydrogen-bond acceptors (Lipinski definition) is 4. The smallest absolute Gasteiger partial charge is 0.413 e. The Labute approximate surface area is 132 Å². The third-order valence-electron chi connectivity index (χ3n) is 3.71. The number of carbonyl (C=O) groups is 2. The van der Waals surface area contributed by atoms with Crippen molar-refractivity contribution in [1.82, 2.24) is 9.55 Å². The topological polar surface area (TPSA) is 93.5 Å². The molecule has 7 heteroatoms. The van der Waals surface area contributed by atoms with Crippen LogP contribution in [0.15, 0.2) is 30.3 Å². The third kappa shape index (κ3) is 3.33. The van der Waals surface area contributed by atoms with Crippen LogP contribution >= 0.6 is 0 Å². The fraction of sp³-hybridized carbons (Fsp3) is 0.312. The van der Waals surface area contributed by atoms with Crippen LogP contribution in [0.2, 0.25) is 0 Å². The van der Waals surface area contributed by atoms with Gasteiger partial charge >= 0.3 is 12.1 Å². The number of hydrogen-bond donors (Lipinski definition) is 2. The molecule has 0 unspecified atom stereocenters. The van der Waals surface area contributed by atoms with E-state index < -0.39 is 12.1 Å². The summed E-state index contributed by atoms with van der Waals surface area (Å²) in [5, 5.41) is 11.8. The highest BCUT2D eigenvalue weighted by Crippen LogP contribution is 2.23.